The molecule has 1 saturated heterocycles. The molecule has 3 N–H and O–H groups in total. The Bertz CT molecular complexity index is 1170. The highest BCUT2D eigenvalue weighted by Crippen LogP contribution is 2.31. The van der Waals surface area contributed by atoms with Gasteiger partial charge in [-0.3, -0.25) is 4.79 Å². The van der Waals surface area contributed by atoms with Gasteiger partial charge in [0.05, 0.1) is 10.5 Å². The van der Waals surface area contributed by atoms with Gasteiger partial charge in [0.1, 0.15) is 12.1 Å². The van der Waals surface area contributed by atoms with Crippen molar-refractivity contribution in [2.75, 3.05) is 19.3 Å². The molecule has 6 nitrogen and oxygen atoms in total. The van der Waals surface area contributed by atoms with Crippen molar-refractivity contribution < 1.29 is 9.90 Å². The van der Waals surface area contributed by atoms with Crippen LogP contribution in [0.15, 0.2) is 42.7 Å². The molecule has 2 heterocycles. The molecule has 1 aliphatic heterocycles. The number of hydrogen-bond donors (Lipinski definition) is 2. The predicted octanol–water partition coefficient (Wildman–Crippen LogP) is 2.48. The van der Waals surface area contributed by atoms with E-state index in [4.69, 9.17) is 17.3 Å². The number of rotatable bonds is 1. The summed E-state index contributed by atoms with van der Waals surface area (Å²) in [4.78, 5) is 21.7. The highest BCUT2D eigenvalue weighted by molar-refractivity contribution is 6.35. The zero-order valence-electron chi connectivity index (χ0n) is 15.1. The maximum Gasteiger partial charge on any atom is 0.267 e. The van der Waals surface area contributed by atoms with Gasteiger partial charge < -0.3 is 15.7 Å². The van der Waals surface area contributed by atoms with Gasteiger partial charge in [-0.1, -0.05) is 35.6 Å². The minimum absolute atomic E-state index is 0.300. The van der Waals surface area contributed by atoms with Crippen molar-refractivity contribution in [2.45, 2.75) is 12.0 Å². The normalized spacial score (nSPS) is 19.0. The molecule has 28 heavy (non-hydrogen) atoms. The predicted molar refractivity (Wildman–Crippen MR) is 108 cm³/mol. The van der Waals surface area contributed by atoms with Crippen LogP contribution < -0.4 is 5.73 Å². The zero-order chi connectivity index (χ0) is 19.9. The molecule has 1 aliphatic rings. The van der Waals surface area contributed by atoms with Crippen LogP contribution >= 0.6 is 11.6 Å². The van der Waals surface area contributed by atoms with Crippen molar-refractivity contribution in [3.05, 3.63) is 53.3 Å². The number of benzene rings is 2. The number of likely N-dealkylation sites (N-methyl/N-ethyl adjacent to an activating group) is 1. The number of likely N-dealkylation sites (tertiary alicyclic amines) is 1. The molecule has 1 fully saturated rings. The topological polar surface area (TPSA) is 92.3 Å². The van der Waals surface area contributed by atoms with Crippen LogP contribution in [-0.4, -0.2) is 45.1 Å². The Morgan fingerprint density at radius 3 is 2.82 bits per heavy atom. The lowest BCUT2D eigenvalue weighted by atomic mass is 10.00. The Morgan fingerprint density at radius 1 is 1.25 bits per heavy atom. The van der Waals surface area contributed by atoms with Gasteiger partial charge in [-0.2, -0.15) is 0 Å². The second kappa shape index (κ2) is 6.79. The molecule has 0 saturated carbocycles. The molecule has 1 aromatic heterocycles. The van der Waals surface area contributed by atoms with Gasteiger partial charge >= 0.3 is 0 Å². The number of anilines is 1. The van der Waals surface area contributed by atoms with Gasteiger partial charge in [-0.05, 0) is 35.4 Å². The first-order valence-electron chi connectivity index (χ1n) is 8.69. The summed E-state index contributed by atoms with van der Waals surface area (Å²) in [5.74, 6) is 5.64. The molecular formula is C21H17ClN4O2. The third-order valence-corrected chi connectivity index (χ3v) is 5.13. The van der Waals surface area contributed by atoms with Crippen LogP contribution in [0.2, 0.25) is 5.02 Å². The van der Waals surface area contributed by atoms with E-state index in [0.29, 0.717) is 40.3 Å². The number of carbonyl (C=O) groups excluding carboxylic acids is 1. The SMILES string of the molecule is CN1CC[C@@](O)(C#Cc2cccc(-c3cc(Cl)c4ncnc(N)c4c3)c2)C1=O. The van der Waals surface area contributed by atoms with E-state index >= 15 is 0 Å². The van der Waals surface area contributed by atoms with Gasteiger partial charge in [0.2, 0.25) is 5.60 Å². The summed E-state index contributed by atoms with van der Waals surface area (Å²) >= 11 is 6.37. The van der Waals surface area contributed by atoms with E-state index in [1.165, 1.54) is 11.2 Å². The monoisotopic (exact) mass is 392 g/mol. The Hall–Kier alpha value is -3.14. The van der Waals surface area contributed by atoms with Crippen LogP contribution in [0.3, 0.4) is 0 Å². The molecular weight excluding hydrogens is 376 g/mol. The number of aromatic nitrogens is 2. The molecule has 0 spiro atoms. The Balaban J connectivity index is 1.73. The van der Waals surface area contributed by atoms with E-state index in [1.807, 2.05) is 36.4 Å². The van der Waals surface area contributed by atoms with E-state index in [2.05, 4.69) is 21.8 Å². The number of halogens is 1. The molecule has 2 aromatic carbocycles. The number of aliphatic hydroxyl groups is 1. The summed E-state index contributed by atoms with van der Waals surface area (Å²) in [6.07, 6.45) is 1.68. The van der Waals surface area contributed by atoms with Crippen molar-refractivity contribution >= 4 is 34.2 Å². The maximum atomic E-state index is 12.1. The molecule has 0 bridgehead atoms. The summed E-state index contributed by atoms with van der Waals surface area (Å²) in [5.41, 5.74) is 7.34. The number of fused-ring (bicyclic) bond motifs is 1. The number of nitrogens with two attached hydrogens (primary N) is 1. The number of amides is 1. The average Bonchev–Trinajstić information content (AvgIpc) is 2.95. The van der Waals surface area contributed by atoms with Gasteiger partial charge in [-0.15, -0.1) is 0 Å². The van der Waals surface area contributed by atoms with E-state index in [-0.39, 0.29) is 5.91 Å². The van der Waals surface area contributed by atoms with Crippen molar-refractivity contribution in [1.29, 1.82) is 0 Å². The van der Waals surface area contributed by atoms with E-state index in [9.17, 15) is 9.90 Å². The summed E-state index contributed by atoms with van der Waals surface area (Å²) in [6, 6.07) is 11.2. The first kappa shape index (κ1) is 18.2. The van der Waals surface area contributed by atoms with E-state index < -0.39 is 5.60 Å². The standard InChI is InChI=1S/C21H17ClN4O2/c1-26-8-7-21(28,20(26)27)6-5-13-3-2-4-14(9-13)15-10-16-18(17(22)11-15)24-12-25-19(16)23/h2-4,9-12,28H,7-8H2,1H3,(H2,23,24,25)/t21-/m0/s1. The smallest absolute Gasteiger partial charge is 0.267 e. The van der Waals surface area contributed by atoms with Crippen molar-refractivity contribution in [1.82, 2.24) is 14.9 Å². The number of carbonyl (C=O) groups is 1. The molecule has 0 radical (unpaired) electrons. The Kier molecular flexibility index (Phi) is 4.42. The average molecular weight is 393 g/mol. The van der Waals surface area contributed by atoms with Gasteiger partial charge in [0.15, 0.2) is 0 Å². The Morgan fingerprint density at radius 2 is 2.07 bits per heavy atom. The second-order valence-electron chi connectivity index (χ2n) is 6.78. The number of hydrogen-bond acceptors (Lipinski definition) is 5. The van der Waals surface area contributed by atoms with Crippen LogP contribution in [0.4, 0.5) is 5.82 Å². The molecule has 0 aliphatic carbocycles. The fourth-order valence-electron chi connectivity index (χ4n) is 3.23. The molecule has 0 unspecified atom stereocenters. The highest BCUT2D eigenvalue weighted by Gasteiger charge is 2.42. The lowest BCUT2D eigenvalue weighted by Crippen LogP contribution is -2.37. The first-order chi connectivity index (χ1) is 13.4. The van der Waals surface area contributed by atoms with Crippen molar-refractivity contribution in [3.8, 4) is 23.0 Å². The maximum absolute atomic E-state index is 12.1. The molecule has 3 aromatic rings. The molecule has 1 amide bonds. The summed E-state index contributed by atoms with van der Waals surface area (Å²) in [5, 5.41) is 11.6. The van der Waals surface area contributed by atoms with Gasteiger partial charge in [-0.25, -0.2) is 9.97 Å². The quantitative estimate of drug-likeness (QED) is 0.621. The largest absolute Gasteiger partial charge is 0.383 e. The molecule has 7 heteroatoms. The lowest BCUT2D eigenvalue weighted by Gasteiger charge is -2.13. The highest BCUT2D eigenvalue weighted by atomic mass is 35.5. The van der Waals surface area contributed by atoms with Crippen LogP contribution in [0.1, 0.15) is 12.0 Å². The first-order valence-corrected chi connectivity index (χ1v) is 9.06. The summed E-state index contributed by atoms with van der Waals surface area (Å²) < 4.78 is 0. The van der Waals surface area contributed by atoms with Gasteiger partial charge in [0, 0.05) is 31.0 Å². The second-order valence-corrected chi connectivity index (χ2v) is 7.19. The molecule has 1 atom stereocenters. The molecule has 140 valence electrons. The lowest BCUT2D eigenvalue weighted by molar-refractivity contribution is -0.137. The minimum atomic E-state index is -1.62. The third-order valence-electron chi connectivity index (χ3n) is 4.84. The van der Waals surface area contributed by atoms with Crippen LogP contribution in [0, 0.1) is 11.8 Å². The van der Waals surface area contributed by atoms with Crippen molar-refractivity contribution in [2.24, 2.45) is 0 Å². The fourth-order valence-corrected chi connectivity index (χ4v) is 3.50. The Labute approximate surface area is 167 Å². The van der Waals surface area contributed by atoms with Crippen LogP contribution in [0.5, 0.6) is 0 Å². The number of nitrogens with zero attached hydrogens (tertiary/aromatic N) is 3. The third kappa shape index (κ3) is 3.15. The van der Waals surface area contributed by atoms with Gasteiger partial charge in [0.25, 0.3) is 5.91 Å². The summed E-state index contributed by atoms with van der Waals surface area (Å²) in [6.45, 7) is 0.489. The summed E-state index contributed by atoms with van der Waals surface area (Å²) in [7, 11) is 1.65. The molecule has 4 rings (SSSR count). The minimum Gasteiger partial charge on any atom is -0.383 e. The fraction of sp³-hybridized carbons (Fsp3) is 0.190. The van der Waals surface area contributed by atoms with E-state index in [0.717, 1.165) is 11.1 Å². The van der Waals surface area contributed by atoms with Crippen LogP contribution in [0.25, 0.3) is 22.0 Å². The van der Waals surface area contributed by atoms with E-state index in [1.54, 1.807) is 7.05 Å². The van der Waals surface area contributed by atoms with Crippen LogP contribution in [-0.2, 0) is 4.79 Å². The zero-order valence-corrected chi connectivity index (χ0v) is 15.9. The number of nitrogen functional groups attached to an aromatic ring is 1. The van der Waals surface area contributed by atoms with Crippen molar-refractivity contribution in [3.63, 3.8) is 0 Å².